The lowest BCUT2D eigenvalue weighted by Crippen LogP contribution is -2.47. The van der Waals surface area contributed by atoms with E-state index in [0.717, 1.165) is 17.1 Å². The van der Waals surface area contributed by atoms with Gasteiger partial charge in [0.15, 0.2) is 0 Å². The van der Waals surface area contributed by atoms with E-state index in [9.17, 15) is 27.6 Å². The van der Waals surface area contributed by atoms with Gasteiger partial charge < -0.3 is 9.80 Å². The third-order valence-corrected chi connectivity index (χ3v) is 5.01. The molecule has 0 aliphatic carbocycles. The molecule has 1 aliphatic heterocycles. The van der Waals surface area contributed by atoms with Crippen molar-refractivity contribution in [2.45, 2.75) is 19.6 Å². The molecule has 0 aromatic heterocycles. The van der Waals surface area contributed by atoms with Crippen LogP contribution in [0.3, 0.4) is 0 Å². The fourth-order valence-electron chi connectivity index (χ4n) is 2.51. The zero-order valence-corrected chi connectivity index (χ0v) is 16.0. The normalized spacial score (nSPS) is 14.4. The smallest absolute Gasteiger partial charge is 0.323 e. The van der Waals surface area contributed by atoms with E-state index in [2.05, 4.69) is 0 Å². The summed E-state index contributed by atoms with van der Waals surface area (Å²) in [5.74, 6) is -1.31. The number of urea groups is 1. The predicted octanol–water partition coefficient (Wildman–Crippen LogP) is 2.00. The molecule has 7 nitrogen and oxygen atoms in total. The van der Waals surface area contributed by atoms with E-state index in [1.54, 1.807) is 22.5 Å². The average molecular weight is 418 g/mol. The van der Waals surface area contributed by atoms with Gasteiger partial charge in [0, 0.05) is 43.2 Å². The maximum Gasteiger partial charge on any atom is 0.472 e. The van der Waals surface area contributed by atoms with Crippen LogP contribution in [0.4, 0.5) is 18.0 Å². The minimum Gasteiger partial charge on any atom is -0.323 e. The van der Waals surface area contributed by atoms with Gasteiger partial charge in [-0.3, -0.25) is 20.4 Å². The summed E-state index contributed by atoms with van der Waals surface area (Å²) in [6, 6.07) is 6.02. The number of benzene rings is 1. The quantitative estimate of drug-likeness (QED) is 0.733. The Morgan fingerprint density at radius 1 is 1.11 bits per heavy atom. The number of carbonyl (C=O) groups is 3. The van der Waals surface area contributed by atoms with Gasteiger partial charge in [0.05, 0.1) is 0 Å². The summed E-state index contributed by atoms with van der Waals surface area (Å²) in [6.45, 7) is 4.17. The molecule has 1 aromatic carbocycles. The van der Waals surface area contributed by atoms with E-state index in [1.165, 1.54) is 17.6 Å². The lowest BCUT2D eigenvalue weighted by molar-refractivity contribution is -0.174. The molecule has 28 heavy (non-hydrogen) atoms. The van der Waals surface area contributed by atoms with Crippen LogP contribution in [0.25, 0.3) is 0 Å². The van der Waals surface area contributed by atoms with E-state index in [-0.39, 0.29) is 11.6 Å². The van der Waals surface area contributed by atoms with Gasteiger partial charge in [-0.15, -0.1) is 0 Å². The second-order valence-corrected chi connectivity index (χ2v) is 7.22. The molecule has 0 spiro atoms. The number of carbonyl (C=O) groups excluding carboxylic acids is 3. The number of hydrazine groups is 1. The van der Waals surface area contributed by atoms with Crippen LogP contribution in [0, 0.1) is 0 Å². The van der Waals surface area contributed by atoms with Gasteiger partial charge in [0.1, 0.15) is 0 Å². The zero-order chi connectivity index (χ0) is 20.7. The topological polar surface area (TPSA) is 81.8 Å². The molecule has 154 valence electrons. The van der Waals surface area contributed by atoms with Crippen LogP contribution in [0.1, 0.15) is 22.8 Å². The Hall–Kier alpha value is -2.43. The zero-order valence-electron chi connectivity index (χ0n) is 15.2. The predicted molar refractivity (Wildman–Crippen MR) is 98.5 cm³/mol. The fraction of sp³-hybridized carbons (Fsp3) is 0.471. The molecule has 2 N–H and O–H groups in total. The Balaban J connectivity index is 1.92. The standard InChI is InChI=1S/C17H21F3N4O3S/c1-2-23(16(27)24-7-9-28-10-8-24)11-12-3-5-13(6-4-12)14(25)21-22-15(26)17(18,19)20/h3-6H,2,7-11H2,1H3,(H,21,25)(H,22,26). The molecule has 0 saturated carbocycles. The van der Waals surface area contributed by atoms with Crippen molar-refractivity contribution in [3.05, 3.63) is 35.4 Å². The molecule has 1 aromatic rings. The average Bonchev–Trinajstić information content (AvgIpc) is 2.69. The van der Waals surface area contributed by atoms with Crippen molar-refractivity contribution in [1.82, 2.24) is 20.7 Å². The van der Waals surface area contributed by atoms with E-state index in [1.807, 2.05) is 23.6 Å². The van der Waals surface area contributed by atoms with Crippen LogP contribution in [0.15, 0.2) is 24.3 Å². The molecule has 2 rings (SSSR count). The van der Waals surface area contributed by atoms with Crippen molar-refractivity contribution in [3.8, 4) is 0 Å². The van der Waals surface area contributed by atoms with Gasteiger partial charge in [-0.1, -0.05) is 12.1 Å². The van der Waals surface area contributed by atoms with Crippen LogP contribution in [0.5, 0.6) is 0 Å². The number of halogens is 3. The number of hydrogen-bond donors (Lipinski definition) is 2. The molecular formula is C17H21F3N4O3S. The number of rotatable bonds is 4. The van der Waals surface area contributed by atoms with Crippen LogP contribution >= 0.6 is 11.8 Å². The summed E-state index contributed by atoms with van der Waals surface area (Å²) < 4.78 is 36.3. The highest BCUT2D eigenvalue weighted by Crippen LogP contribution is 2.15. The second-order valence-electron chi connectivity index (χ2n) is 6.00. The summed E-state index contributed by atoms with van der Waals surface area (Å²) in [7, 11) is 0. The first kappa shape index (κ1) is 21.9. The van der Waals surface area contributed by atoms with E-state index in [0.29, 0.717) is 26.2 Å². The molecule has 0 atom stereocenters. The lowest BCUT2D eigenvalue weighted by Gasteiger charge is -2.32. The van der Waals surface area contributed by atoms with E-state index < -0.39 is 18.0 Å². The van der Waals surface area contributed by atoms with Gasteiger partial charge in [-0.05, 0) is 24.6 Å². The number of nitrogens with zero attached hydrogens (tertiary/aromatic N) is 2. The van der Waals surface area contributed by atoms with E-state index >= 15 is 0 Å². The highest BCUT2D eigenvalue weighted by molar-refractivity contribution is 7.99. The molecule has 0 radical (unpaired) electrons. The number of alkyl halides is 3. The van der Waals surface area contributed by atoms with Crippen LogP contribution in [-0.4, -0.2) is 65.0 Å². The Labute approximate surface area is 164 Å². The maximum atomic E-state index is 12.6. The summed E-state index contributed by atoms with van der Waals surface area (Å²) in [5, 5.41) is 0. The molecule has 1 saturated heterocycles. The third kappa shape index (κ3) is 6.04. The van der Waals surface area contributed by atoms with Crippen molar-refractivity contribution < 1.29 is 27.6 Å². The second kappa shape index (κ2) is 9.67. The van der Waals surface area contributed by atoms with Gasteiger partial charge >= 0.3 is 18.1 Å². The molecule has 4 amide bonds. The third-order valence-electron chi connectivity index (χ3n) is 4.07. The molecule has 1 heterocycles. The van der Waals surface area contributed by atoms with Gasteiger partial charge in [-0.25, -0.2) is 4.79 Å². The van der Waals surface area contributed by atoms with E-state index in [4.69, 9.17) is 0 Å². The van der Waals surface area contributed by atoms with Crippen molar-refractivity contribution >= 4 is 29.6 Å². The molecule has 0 bridgehead atoms. The largest absolute Gasteiger partial charge is 0.472 e. The summed E-state index contributed by atoms with van der Waals surface area (Å²) in [6.07, 6.45) is -5.08. The van der Waals surface area contributed by atoms with Crippen molar-refractivity contribution in [2.24, 2.45) is 0 Å². The minimum absolute atomic E-state index is 0.0421. The van der Waals surface area contributed by atoms with Gasteiger partial charge in [-0.2, -0.15) is 24.9 Å². The summed E-state index contributed by atoms with van der Waals surface area (Å²) >= 11 is 1.81. The number of hydrogen-bond acceptors (Lipinski definition) is 4. The lowest BCUT2D eigenvalue weighted by atomic mass is 10.1. The Bertz CT molecular complexity index is 707. The first-order valence-corrected chi connectivity index (χ1v) is 9.76. The summed E-state index contributed by atoms with van der Waals surface area (Å²) in [5.41, 5.74) is 3.86. The number of thioether (sulfide) groups is 1. The first-order chi connectivity index (χ1) is 13.2. The molecule has 1 fully saturated rings. The van der Waals surface area contributed by atoms with Crippen molar-refractivity contribution in [3.63, 3.8) is 0 Å². The Morgan fingerprint density at radius 2 is 1.71 bits per heavy atom. The number of amides is 4. The molecule has 11 heteroatoms. The SMILES string of the molecule is CCN(Cc1ccc(C(=O)NNC(=O)C(F)(F)F)cc1)C(=O)N1CCSCC1. The Kier molecular flexibility index (Phi) is 7.55. The highest BCUT2D eigenvalue weighted by Gasteiger charge is 2.39. The Morgan fingerprint density at radius 3 is 2.25 bits per heavy atom. The number of nitrogens with one attached hydrogen (secondary N) is 2. The van der Waals surface area contributed by atoms with Gasteiger partial charge in [0.2, 0.25) is 0 Å². The van der Waals surface area contributed by atoms with Crippen LogP contribution in [0.2, 0.25) is 0 Å². The van der Waals surface area contributed by atoms with Crippen molar-refractivity contribution in [1.29, 1.82) is 0 Å². The maximum absolute atomic E-state index is 12.6. The van der Waals surface area contributed by atoms with Crippen molar-refractivity contribution in [2.75, 3.05) is 31.1 Å². The molecule has 0 unspecified atom stereocenters. The molecule has 1 aliphatic rings. The molecular weight excluding hydrogens is 397 g/mol. The minimum atomic E-state index is -5.08. The summed E-state index contributed by atoms with van der Waals surface area (Å²) in [4.78, 5) is 38.6. The van der Waals surface area contributed by atoms with Gasteiger partial charge in [0.25, 0.3) is 5.91 Å². The highest BCUT2D eigenvalue weighted by atomic mass is 32.2. The van der Waals surface area contributed by atoms with Crippen LogP contribution in [-0.2, 0) is 11.3 Å². The fourth-order valence-corrected chi connectivity index (χ4v) is 3.41. The first-order valence-electron chi connectivity index (χ1n) is 8.60. The van der Waals surface area contributed by atoms with Crippen LogP contribution < -0.4 is 10.9 Å². The monoisotopic (exact) mass is 418 g/mol.